The van der Waals surface area contributed by atoms with Crippen LogP contribution in [0.4, 0.5) is 26.3 Å². The normalized spacial score (nSPS) is 12.6. The second-order valence-electron chi connectivity index (χ2n) is 3.03. The first kappa shape index (κ1) is 13.3. The van der Waals surface area contributed by atoms with Gasteiger partial charge in [-0.2, -0.15) is 26.3 Å². The van der Waals surface area contributed by atoms with Crippen LogP contribution in [0.5, 0.6) is 5.75 Å². The van der Waals surface area contributed by atoms with Gasteiger partial charge in [0.15, 0.2) is 6.29 Å². The van der Waals surface area contributed by atoms with Crippen molar-refractivity contribution in [1.29, 1.82) is 0 Å². The van der Waals surface area contributed by atoms with Gasteiger partial charge in [-0.25, -0.2) is 0 Å². The number of carbonyl (C=O) groups is 1. The van der Waals surface area contributed by atoms with Gasteiger partial charge in [-0.15, -0.1) is 0 Å². The SMILES string of the molecule is O=Cc1c(O)ccc(C(F)(F)F)c1C(F)(F)F. The van der Waals surface area contributed by atoms with Crippen molar-refractivity contribution in [3.63, 3.8) is 0 Å². The van der Waals surface area contributed by atoms with Crippen molar-refractivity contribution < 1.29 is 36.2 Å². The van der Waals surface area contributed by atoms with E-state index in [9.17, 15) is 31.1 Å². The molecule has 0 heterocycles. The van der Waals surface area contributed by atoms with Crippen LogP contribution < -0.4 is 0 Å². The van der Waals surface area contributed by atoms with E-state index in [1.807, 2.05) is 0 Å². The Bertz CT molecular complexity index is 446. The molecule has 0 aliphatic heterocycles. The molecule has 0 radical (unpaired) electrons. The first-order valence-corrected chi connectivity index (χ1v) is 4.04. The van der Waals surface area contributed by atoms with Gasteiger partial charge in [0.1, 0.15) is 5.75 Å². The van der Waals surface area contributed by atoms with Crippen molar-refractivity contribution in [1.82, 2.24) is 0 Å². The molecule has 0 aromatic heterocycles. The molecule has 1 N–H and O–H groups in total. The highest BCUT2D eigenvalue weighted by atomic mass is 19.4. The van der Waals surface area contributed by atoms with E-state index >= 15 is 0 Å². The monoisotopic (exact) mass is 258 g/mol. The Morgan fingerprint density at radius 3 is 1.88 bits per heavy atom. The van der Waals surface area contributed by atoms with Gasteiger partial charge in [-0.3, -0.25) is 4.79 Å². The fourth-order valence-electron chi connectivity index (χ4n) is 1.27. The zero-order valence-corrected chi connectivity index (χ0v) is 7.86. The van der Waals surface area contributed by atoms with Crippen molar-refractivity contribution in [3.8, 4) is 5.75 Å². The predicted molar refractivity (Wildman–Crippen MR) is 43.5 cm³/mol. The standard InChI is InChI=1S/C9H4F6O2/c10-8(11,12)5-1-2-6(17)4(3-16)7(5)9(13,14)15/h1-3,17H. The summed E-state index contributed by atoms with van der Waals surface area (Å²) in [4.78, 5) is 10.3. The molecule has 1 aromatic rings. The minimum atomic E-state index is -5.39. The van der Waals surface area contributed by atoms with Gasteiger partial charge in [0.05, 0.1) is 16.7 Å². The molecule has 0 spiro atoms. The number of aldehydes is 1. The van der Waals surface area contributed by atoms with Gasteiger partial charge in [0.25, 0.3) is 0 Å². The van der Waals surface area contributed by atoms with E-state index in [1.165, 1.54) is 0 Å². The van der Waals surface area contributed by atoms with Gasteiger partial charge >= 0.3 is 12.4 Å². The van der Waals surface area contributed by atoms with Crippen molar-refractivity contribution in [3.05, 3.63) is 28.8 Å². The molecule has 0 atom stereocenters. The minimum absolute atomic E-state index is 0.0746. The lowest BCUT2D eigenvalue weighted by Gasteiger charge is -2.17. The first-order chi connectivity index (χ1) is 7.59. The third-order valence-electron chi connectivity index (χ3n) is 1.93. The molecule has 17 heavy (non-hydrogen) atoms. The summed E-state index contributed by atoms with van der Waals surface area (Å²) in [7, 11) is 0. The van der Waals surface area contributed by atoms with E-state index in [1.54, 1.807) is 0 Å². The van der Waals surface area contributed by atoms with Crippen molar-refractivity contribution >= 4 is 6.29 Å². The van der Waals surface area contributed by atoms with Gasteiger partial charge < -0.3 is 5.11 Å². The van der Waals surface area contributed by atoms with E-state index in [4.69, 9.17) is 5.11 Å². The number of alkyl halides is 6. The number of phenols is 1. The summed E-state index contributed by atoms with van der Waals surface area (Å²) < 4.78 is 74.3. The quantitative estimate of drug-likeness (QED) is 0.620. The van der Waals surface area contributed by atoms with E-state index < -0.39 is 41.1 Å². The number of carbonyl (C=O) groups excluding carboxylic acids is 1. The second-order valence-corrected chi connectivity index (χ2v) is 3.03. The summed E-state index contributed by atoms with van der Waals surface area (Å²) in [5, 5.41) is 8.95. The average Bonchev–Trinajstić information content (AvgIpc) is 2.13. The van der Waals surface area contributed by atoms with Gasteiger partial charge in [0.2, 0.25) is 0 Å². The maximum Gasteiger partial charge on any atom is 0.417 e. The Morgan fingerprint density at radius 1 is 1.00 bits per heavy atom. The summed E-state index contributed by atoms with van der Waals surface area (Å²) in [6.07, 6.45) is -11.1. The highest BCUT2D eigenvalue weighted by Gasteiger charge is 2.45. The molecule has 2 nitrogen and oxygen atoms in total. The third kappa shape index (κ3) is 2.51. The molecule has 0 amide bonds. The van der Waals surface area contributed by atoms with Crippen molar-refractivity contribution in [2.45, 2.75) is 12.4 Å². The highest BCUT2D eigenvalue weighted by Crippen LogP contribution is 2.43. The van der Waals surface area contributed by atoms with Crippen LogP contribution in [0.3, 0.4) is 0 Å². The molecule has 8 heteroatoms. The number of hydrogen-bond donors (Lipinski definition) is 1. The van der Waals surface area contributed by atoms with Crippen LogP contribution in [-0.4, -0.2) is 11.4 Å². The van der Waals surface area contributed by atoms with Crippen molar-refractivity contribution in [2.75, 3.05) is 0 Å². The lowest BCUT2D eigenvalue weighted by atomic mass is 10.00. The third-order valence-corrected chi connectivity index (χ3v) is 1.93. The molecule has 0 bridgehead atoms. The highest BCUT2D eigenvalue weighted by molar-refractivity contribution is 5.82. The van der Waals surface area contributed by atoms with Gasteiger partial charge in [-0.05, 0) is 12.1 Å². The topological polar surface area (TPSA) is 37.3 Å². The molecule has 0 saturated heterocycles. The molecule has 0 aliphatic carbocycles. The summed E-state index contributed by atoms with van der Waals surface area (Å²) in [5.41, 5.74) is -5.61. The number of rotatable bonds is 1. The molecular weight excluding hydrogens is 254 g/mol. The maximum absolute atomic E-state index is 12.4. The molecule has 0 aliphatic rings. The molecular formula is C9H4F6O2. The lowest BCUT2D eigenvalue weighted by Crippen LogP contribution is -2.18. The largest absolute Gasteiger partial charge is 0.507 e. The second kappa shape index (κ2) is 3.94. The zero-order chi connectivity index (χ0) is 13.4. The maximum atomic E-state index is 12.4. The Kier molecular flexibility index (Phi) is 3.09. The first-order valence-electron chi connectivity index (χ1n) is 4.04. The van der Waals surface area contributed by atoms with E-state index in [0.717, 1.165) is 0 Å². The van der Waals surface area contributed by atoms with Gasteiger partial charge in [0, 0.05) is 0 Å². The molecule has 1 rings (SSSR count). The van der Waals surface area contributed by atoms with E-state index in [2.05, 4.69) is 0 Å². The van der Waals surface area contributed by atoms with Crippen LogP contribution >= 0.6 is 0 Å². The fraction of sp³-hybridized carbons (Fsp3) is 0.222. The zero-order valence-electron chi connectivity index (χ0n) is 7.86. The van der Waals surface area contributed by atoms with Crippen LogP contribution in [0.2, 0.25) is 0 Å². The molecule has 0 fully saturated rings. The Hall–Kier alpha value is -1.73. The number of aromatic hydroxyl groups is 1. The predicted octanol–water partition coefficient (Wildman–Crippen LogP) is 3.24. The average molecular weight is 258 g/mol. The fourth-order valence-corrected chi connectivity index (χ4v) is 1.27. The smallest absolute Gasteiger partial charge is 0.417 e. The Balaban J connectivity index is 3.70. The van der Waals surface area contributed by atoms with Crippen LogP contribution in [0.1, 0.15) is 21.5 Å². The van der Waals surface area contributed by atoms with Crippen molar-refractivity contribution in [2.24, 2.45) is 0 Å². The molecule has 94 valence electrons. The number of halogens is 6. The van der Waals surface area contributed by atoms with E-state index in [0.29, 0.717) is 6.07 Å². The van der Waals surface area contributed by atoms with Crippen LogP contribution in [0, 0.1) is 0 Å². The molecule has 0 saturated carbocycles. The van der Waals surface area contributed by atoms with Crippen LogP contribution in [0.15, 0.2) is 12.1 Å². The number of hydrogen-bond acceptors (Lipinski definition) is 2. The summed E-state index contributed by atoms with van der Waals surface area (Å²) in [6, 6.07) is 0.465. The summed E-state index contributed by atoms with van der Waals surface area (Å²) >= 11 is 0. The summed E-state index contributed by atoms with van der Waals surface area (Å²) in [5.74, 6) is -1.15. The lowest BCUT2D eigenvalue weighted by molar-refractivity contribution is -0.162. The Morgan fingerprint density at radius 2 is 1.53 bits per heavy atom. The minimum Gasteiger partial charge on any atom is -0.507 e. The number of phenolic OH excluding ortho intramolecular Hbond substituents is 1. The van der Waals surface area contributed by atoms with E-state index in [-0.39, 0.29) is 6.07 Å². The van der Waals surface area contributed by atoms with Crippen LogP contribution in [-0.2, 0) is 12.4 Å². The van der Waals surface area contributed by atoms with Gasteiger partial charge in [-0.1, -0.05) is 0 Å². The molecule has 0 unspecified atom stereocenters. The molecule has 1 aromatic carbocycles. The summed E-state index contributed by atoms with van der Waals surface area (Å²) in [6.45, 7) is 0. The van der Waals surface area contributed by atoms with Crippen LogP contribution in [0.25, 0.3) is 0 Å². The Labute approximate surface area is 90.5 Å². The number of benzene rings is 1.